The average molecular weight is 265 g/mol. The van der Waals surface area contributed by atoms with Crippen molar-refractivity contribution in [2.45, 2.75) is 12.5 Å². The molecule has 6 nitrogen and oxygen atoms in total. The van der Waals surface area contributed by atoms with Crippen LogP contribution in [0, 0.1) is 0 Å². The second-order valence-electron chi connectivity index (χ2n) is 4.56. The minimum Gasteiger partial charge on any atom is -0.480 e. The summed E-state index contributed by atoms with van der Waals surface area (Å²) in [6.07, 6.45) is 0.437. The summed E-state index contributed by atoms with van der Waals surface area (Å²) in [5.41, 5.74) is 5.36. The molecule has 0 heterocycles. The van der Waals surface area contributed by atoms with E-state index in [-0.39, 0.29) is 6.54 Å². The first kappa shape index (κ1) is 16.2. The normalized spacial score (nSPS) is 13.4. The number of carbonyl (C=O) groups is 2. The molecule has 100 valence electrons. The van der Waals surface area contributed by atoms with Crippen molar-refractivity contribution in [3.05, 3.63) is 0 Å². The van der Waals surface area contributed by atoms with E-state index in [9.17, 15) is 9.59 Å². The van der Waals surface area contributed by atoms with Crippen molar-refractivity contribution in [1.29, 1.82) is 0 Å². The number of aliphatic carboxylic acids is 2. The second-order valence-corrected chi connectivity index (χ2v) is 5.78. The van der Waals surface area contributed by atoms with Crippen molar-refractivity contribution in [1.82, 2.24) is 0 Å². The zero-order chi connectivity index (χ0) is 13.5. The van der Waals surface area contributed by atoms with E-state index < -0.39 is 18.0 Å². The first-order chi connectivity index (χ1) is 7.74. The molecule has 17 heavy (non-hydrogen) atoms. The number of carboxylic acid groups (broad SMARTS) is 2. The molecule has 0 aliphatic carbocycles. The number of quaternary nitrogens is 1. The van der Waals surface area contributed by atoms with E-state index in [1.807, 2.05) is 14.1 Å². The summed E-state index contributed by atoms with van der Waals surface area (Å²) >= 11 is 1.60. The highest BCUT2D eigenvalue weighted by molar-refractivity contribution is 7.99. The van der Waals surface area contributed by atoms with Gasteiger partial charge in [0.25, 0.3) is 0 Å². The molecule has 0 bridgehead atoms. The van der Waals surface area contributed by atoms with Crippen LogP contribution in [0.25, 0.3) is 0 Å². The zero-order valence-corrected chi connectivity index (χ0v) is 11.1. The van der Waals surface area contributed by atoms with Crippen LogP contribution < -0.4 is 5.73 Å². The molecule has 0 saturated carbocycles. The Hall–Kier alpha value is -0.790. The third-order valence-corrected chi connectivity index (χ3v) is 3.29. The summed E-state index contributed by atoms with van der Waals surface area (Å²) in [6, 6.07) is -0.802. The lowest BCUT2D eigenvalue weighted by atomic mass is 10.2. The maximum absolute atomic E-state index is 10.6. The molecule has 7 heteroatoms. The zero-order valence-electron chi connectivity index (χ0n) is 10.3. The summed E-state index contributed by atoms with van der Waals surface area (Å²) in [5.74, 6) is -0.312. The molecule has 0 fully saturated rings. The van der Waals surface area contributed by atoms with Gasteiger partial charge in [0.05, 0.1) is 20.6 Å². The maximum Gasteiger partial charge on any atom is 0.359 e. The van der Waals surface area contributed by atoms with Crippen LogP contribution in [-0.4, -0.2) is 71.4 Å². The number of thioether (sulfide) groups is 1. The minimum atomic E-state index is -0.979. The van der Waals surface area contributed by atoms with E-state index in [0.29, 0.717) is 16.7 Å². The Kier molecular flexibility index (Phi) is 7.17. The predicted molar refractivity (Wildman–Crippen MR) is 67.0 cm³/mol. The van der Waals surface area contributed by atoms with Gasteiger partial charge in [0, 0.05) is 5.75 Å². The molecule has 0 aliphatic heterocycles. The van der Waals surface area contributed by atoms with Crippen LogP contribution in [0.4, 0.5) is 0 Å². The Balaban J connectivity index is 3.64. The molecular formula is C10H21N2O4S+. The lowest BCUT2D eigenvalue weighted by Gasteiger charge is -2.27. The summed E-state index contributed by atoms with van der Waals surface area (Å²) in [4.78, 5) is 21.0. The number of likely N-dealkylation sites (N-methyl/N-ethyl adjacent to an activating group) is 1. The highest BCUT2D eigenvalue weighted by atomic mass is 32.2. The van der Waals surface area contributed by atoms with Gasteiger partial charge in [0.15, 0.2) is 6.54 Å². The third kappa shape index (κ3) is 8.96. The Morgan fingerprint density at radius 1 is 1.29 bits per heavy atom. The molecule has 0 saturated heterocycles. The van der Waals surface area contributed by atoms with E-state index >= 15 is 0 Å². The summed E-state index contributed by atoms with van der Waals surface area (Å²) in [6.45, 7) is 0.828. The van der Waals surface area contributed by atoms with Crippen LogP contribution in [0.1, 0.15) is 6.42 Å². The van der Waals surface area contributed by atoms with Gasteiger partial charge >= 0.3 is 11.9 Å². The van der Waals surface area contributed by atoms with Gasteiger partial charge in [-0.15, -0.1) is 0 Å². The quantitative estimate of drug-likeness (QED) is 0.390. The summed E-state index contributed by atoms with van der Waals surface area (Å²) in [5, 5.41) is 17.2. The van der Waals surface area contributed by atoms with Crippen molar-refractivity contribution in [2.75, 3.05) is 38.7 Å². The molecule has 0 amide bonds. The van der Waals surface area contributed by atoms with Crippen LogP contribution in [-0.2, 0) is 9.59 Å². The average Bonchev–Trinajstić information content (AvgIpc) is 2.14. The van der Waals surface area contributed by atoms with Gasteiger partial charge in [0.2, 0.25) is 0 Å². The monoisotopic (exact) mass is 265 g/mol. The molecule has 0 aromatic carbocycles. The minimum absolute atomic E-state index is 0.0925. The number of rotatable bonds is 9. The van der Waals surface area contributed by atoms with Crippen molar-refractivity contribution in [3.63, 3.8) is 0 Å². The van der Waals surface area contributed by atoms with E-state index in [2.05, 4.69) is 0 Å². The van der Waals surface area contributed by atoms with Crippen molar-refractivity contribution < 1.29 is 24.3 Å². The van der Waals surface area contributed by atoms with E-state index in [4.69, 9.17) is 15.9 Å². The Morgan fingerprint density at radius 2 is 1.88 bits per heavy atom. The number of nitrogens with two attached hydrogens (primary N) is 1. The molecule has 1 atom stereocenters. The van der Waals surface area contributed by atoms with Gasteiger partial charge in [0.1, 0.15) is 6.04 Å². The van der Waals surface area contributed by atoms with Crippen LogP contribution in [0.5, 0.6) is 0 Å². The number of hydrogen-bond acceptors (Lipinski definition) is 4. The van der Waals surface area contributed by atoms with Gasteiger partial charge < -0.3 is 20.4 Å². The van der Waals surface area contributed by atoms with Crippen LogP contribution in [0.2, 0.25) is 0 Å². The van der Waals surface area contributed by atoms with Crippen LogP contribution in [0.15, 0.2) is 0 Å². The SMILES string of the molecule is C[N+](C)(CCSCCC(N)C(=O)O)CC(=O)O. The Bertz CT molecular complexity index is 271. The fourth-order valence-electron chi connectivity index (χ4n) is 1.19. The van der Waals surface area contributed by atoms with Crippen LogP contribution in [0.3, 0.4) is 0 Å². The van der Waals surface area contributed by atoms with Gasteiger partial charge in [-0.1, -0.05) is 0 Å². The van der Waals surface area contributed by atoms with Crippen LogP contribution >= 0.6 is 11.8 Å². The van der Waals surface area contributed by atoms with Gasteiger partial charge in [-0.3, -0.25) is 4.79 Å². The van der Waals surface area contributed by atoms with Crippen molar-refractivity contribution in [2.24, 2.45) is 5.73 Å². The molecule has 0 radical (unpaired) electrons. The number of carboxylic acids is 2. The summed E-state index contributed by atoms with van der Waals surface area (Å²) in [7, 11) is 3.72. The number of nitrogens with zero attached hydrogens (tertiary/aromatic N) is 1. The Morgan fingerprint density at radius 3 is 2.35 bits per heavy atom. The fraction of sp³-hybridized carbons (Fsp3) is 0.800. The second kappa shape index (κ2) is 7.52. The molecular weight excluding hydrogens is 244 g/mol. The molecule has 0 rings (SSSR count). The van der Waals surface area contributed by atoms with Gasteiger partial charge in [-0.2, -0.15) is 11.8 Å². The van der Waals surface area contributed by atoms with Crippen molar-refractivity contribution >= 4 is 23.7 Å². The fourth-order valence-corrected chi connectivity index (χ4v) is 2.44. The molecule has 0 aromatic rings. The Labute approximate surface area is 105 Å². The smallest absolute Gasteiger partial charge is 0.359 e. The molecule has 0 spiro atoms. The molecule has 0 aliphatic rings. The lowest BCUT2D eigenvalue weighted by Crippen LogP contribution is -2.45. The maximum atomic E-state index is 10.6. The first-order valence-corrected chi connectivity index (χ1v) is 6.50. The topological polar surface area (TPSA) is 101 Å². The highest BCUT2D eigenvalue weighted by Crippen LogP contribution is 2.07. The van der Waals surface area contributed by atoms with E-state index in [1.54, 1.807) is 11.8 Å². The predicted octanol–water partition coefficient (Wildman–Crippen LogP) is -0.317. The molecule has 0 aromatic heterocycles. The summed E-state index contributed by atoms with van der Waals surface area (Å²) < 4.78 is 0.424. The largest absolute Gasteiger partial charge is 0.480 e. The van der Waals surface area contributed by atoms with Gasteiger partial charge in [-0.25, -0.2) is 4.79 Å². The van der Waals surface area contributed by atoms with E-state index in [1.165, 1.54) is 0 Å². The van der Waals surface area contributed by atoms with E-state index in [0.717, 1.165) is 12.3 Å². The standard InChI is InChI=1S/C10H20N2O4S/c1-12(2,7-9(13)14)4-6-17-5-3-8(11)10(15)16/h8H,3-7,11H2,1-2H3,(H-,13,14,15,16)/p+1. The molecule has 1 unspecified atom stereocenters. The third-order valence-electron chi connectivity index (χ3n) is 2.29. The molecule has 4 N–H and O–H groups in total. The number of hydrogen-bond donors (Lipinski definition) is 3. The van der Waals surface area contributed by atoms with Gasteiger partial charge in [-0.05, 0) is 12.2 Å². The lowest BCUT2D eigenvalue weighted by molar-refractivity contribution is -0.880. The van der Waals surface area contributed by atoms with Crippen molar-refractivity contribution in [3.8, 4) is 0 Å². The highest BCUT2D eigenvalue weighted by Gasteiger charge is 2.19. The first-order valence-electron chi connectivity index (χ1n) is 5.34.